The van der Waals surface area contributed by atoms with Crippen LogP contribution in [0, 0.1) is 17.0 Å². The van der Waals surface area contributed by atoms with Gasteiger partial charge in [-0.2, -0.15) is 5.10 Å². The van der Waals surface area contributed by atoms with Crippen LogP contribution in [0.2, 0.25) is 0 Å². The molecule has 1 aliphatic carbocycles. The third-order valence-electron chi connectivity index (χ3n) is 3.57. The van der Waals surface area contributed by atoms with E-state index in [-0.39, 0.29) is 17.6 Å². The van der Waals surface area contributed by atoms with E-state index in [2.05, 4.69) is 10.4 Å². The second-order valence-electron chi connectivity index (χ2n) is 5.00. The molecule has 0 aliphatic heterocycles. The molecule has 1 N–H and O–H groups in total. The zero-order valence-corrected chi connectivity index (χ0v) is 11.1. The van der Waals surface area contributed by atoms with Gasteiger partial charge in [-0.3, -0.25) is 19.6 Å². The van der Waals surface area contributed by atoms with Crippen LogP contribution in [0.25, 0.3) is 0 Å². The maximum Gasteiger partial charge on any atom is 0.309 e. The van der Waals surface area contributed by atoms with E-state index in [1.165, 1.54) is 10.9 Å². The number of nitro groups is 1. The largest absolute Gasteiger partial charge is 0.352 e. The molecule has 1 amide bonds. The lowest BCUT2D eigenvalue weighted by atomic mass is 10.2. The van der Waals surface area contributed by atoms with E-state index in [1.807, 2.05) is 0 Å². The van der Waals surface area contributed by atoms with Crippen molar-refractivity contribution in [2.75, 3.05) is 0 Å². The molecule has 2 rings (SSSR count). The maximum atomic E-state index is 12.0. The molecule has 0 saturated heterocycles. The maximum absolute atomic E-state index is 12.0. The Hall–Kier alpha value is -1.92. The lowest BCUT2D eigenvalue weighted by molar-refractivity contribution is -0.385. The van der Waals surface area contributed by atoms with Crippen molar-refractivity contribution in [2.45, 2.75) is 51.6 Å². The average Bonchev–Trinajstić information content (AvgIpc) is 2.97. The molecule has 7 nitrogen and oxygen atoms in total. The van der Waals surface area contributed by atoms with Gasteiger partial charge in [0.05, 0.1) is 4.92 Å². The molecule has 0 spiro atoms. The average molecular weight is 266 g/mol. The summed E-state index contributed by atoms with van der Waals surface area (Å²) in [6.45, 7) is 3.26. The van der Waals surface area contributed by atoms with Crippen LogP contribution < -0.4 is 5.32 Å². The van der Waals surface area contributed by atoms with E-state index in [4.69, 9.17) is 0 Å². The minimum Gasteiger partial charge on any atom is -0.352 e. The first-order valence-electron chi connectivity index (χ1n) is 6.49. The van der Waals surface area contributed by atoms with Crippen molar-refractivity contribution in [2.24, 2.45) is 0 Å². The van der Waals surface area contributed by atoms with E-state index >= 15 is 0 Å². The highest BCUT2D eigenvalue weighted by molar-refractivity contribution is 5.80. The highest BCUT2D eigenvalue weighted by atomic mass is 16.6. The summed E-state index contributed by atoms with van der Waals surface area (Å²) in [5, 5.41) is 17.8. The lowest BCUT2D eigenvalue weighted by Crippen LogP contribution is -2.37. The minimum atomic E-state index is -0.534. The quantitative estimate of drug-likeness (QED) is 0.663. The van der Waals surface area contributed by atoms with E-state index in [0.29, 0.717) is 5.69 Å². The Balaban J connectivity index is 2.05. The summed E-state index contributed by atoms with van der Waals surface area (Å²) in [4.78, 5) is 22.3. The van der Waals surface area contributed by atoms with Crippen molar-refractivity contribution < 1.29 is 9.72 Å². The van der Waals surface area contributed by atoms with Gasteiger partial charge < -0.3 is 5.32 Å². The first-order chi connectivity index (χ1) is 8.99. The molecule has 1 unspecified atom stereocenters. The molecular weight excluding hydrogens is 248 g/mol. The Morgan fingerprint density at radius 3 is 2.74 bits per heavy atom. The normalized spacial score (nSPS) is 17.4. The van der Waals surface area contributed by atoms with E-state index in [9.17, 15) is 14.9 Å². The predicted octanol–water partition coefficient (Wildman–Crippen LogP) is 1.72. The molecule has 1 aromatic rings. The smallest absolute Gasteiger partial charge is 0.309 e. The molecule has 1 aromatic heterocycles. The number of nitrogens with zero attached hydrogens (tertiary/aromatic N) is 3. The fraction of sp³-hybridized carbons (Fsp3) is 0.667. The van der Waals surface area contributed by atoms with Crippen LogP contribution in [0.4, 0.5) is 5.69 Å². The number of hydrogen-bond acceptors (Lipinski definition) is 4. The molecular formula is C12H18N4O3. The van der Waals surface area contributed by atoms with E-state index in [1.54, 1.807) is 13.8 Å². The Morgan fingerprint density at radius 2 is 2.21 bits per heavy atom. The molecule has 1 fully saturated rings. The fourth-order valence-electron chi connectivity index (χ4n) is 2.36. The molecule has 1 heterocycles. The summed E-state index contributed by atoms with van der Waals surface area (Å²) in [7, 11) is 0. The van der Waals surface area contributed by atoms with Crippen molar-refractivity contribution in [3.63, 3.8) is 0 Å². The van der Waals surface area contributed by atoms with Gasteiger partial charge in [0.25, 0.3) is 0 Å². The zero-order chi connectivity index (χ0) is 14.0. The molecule has 1 saturated carbocycles. The van der Waals surface area contributed by atoms with Gasteiger partial charge in [-0.1, -0.05) is 12.8 Å². The van der Waals surface area contributed by atoms with Crippen molar-refractivity contribution in [3.05, 3.63) is 22.0 Å². The van der Waals surface area contributed by atoms with Crippen molar-refractivity contribution >= 4 is 11.6 Å². The SMILES string of the molecule is Cc1nn(C(C)C(=O)NC2CCCC2)cc1[N+](=O)[O-]. The number of carbonyl (C=O) groups is 1. The number of carbonyl (C=O) groups excluding carboxylic acids is 1. The van der Waals surface area contributed by atoms with Crippen molar-refractivity contribution in [1.29, 1.82) is 0 Å². The van der Waals surface area contributed by atoms with Crippen LogP contribution in [-0.4, -0.2) is 26.7 Å². The molecule has 19 heavy (non-hydrogen) atoms. The monoisotopic (exact) mass is 266 g/mol. The van der Waals surface area contributed by atoms with Crippen LogP contribution in [0.5, 0.6) is 0 Å². The molecule has 0 aromatic carbocycles. The van der Waals surface area contributed by atoms with Gasteiger partial charge in [0.15, 0.2) is 0 Å². The number of nitrogens with one attached hydrogen (secondary N) is 1. The van der Waals surface area contributed by atoms with Crippen LogP contribution >= 0.6 is 0 Å². The van der Waals surface area contributed by atoms with Gasteiger partial charge in [-0.15, -0.1) is 0 Å². The summed E-state index contributed by atoms with van der Waals surface area (Å²) < 4.78 is 1.36. The molecule has 0 bridgehead atoms. The van der Waals surface area contributed by atoms with Gasteiger partial charge in [0.2, 0.25) is 5.91 Å². The zero-order valence-electron chi connectivity index (χ0n) is 11.1. The Bertz CT molecular complexity index is 491. The number of amides is 1. The van der Waals surface area contributed by atoms with Crippen LogP contribution in [0.1, 0.15) is 44.3 Å². The standard InChI is InChI=1S/C12H18N4O3/c1-8-11(16(18)19)7-15(14-8)9(2)12(17)13-10-5-3-4-6-10/h7,9-10H,3-6H2,1-2H3,(H,13,17). The summed E-state index contributed by atoms with van der Waals surface area (Å²) in [6.07, 6.45) is 5.62. The Morgan fingerprint density at radius 1 is 1.58 bits per heavy atom. The third-order valence-corrected chi connectivity index (χ3v) is 3.57. The van der Waals surface area contributed by atoms with Gasteiger partial charge in [-0.25, -0.2) is 0 Å². The second-order valence-corrected chi connectivity index (χ2v) is 5.00. The number of aryl methyl sites for hydroxylation is 1. The lowest BCUT2D eigenvalue weighted by Gasteiger charge is -2.16. The Labute approximate surface area is 111 Å². The van der Waals surface area contributed by atoms with Crippen molar-refractivity contribution in [3.8, 4) is 0 Å². The van der Waals surface area contributed by atoms with Gasteiger partial charge in [0.1, 0.15) is 17.9 Å². The molecule has 1 atom stereocenters. The first-order valence-corrected chi connectivity index (χ1v) is 6.49. The molecule has 0 radical (unpaired) electrons. The third kappa shape index (κ3) is 2.91. The molecule has 104 valence electrons. The van der Waals surface area contributed by atoms with E-state index in [0.717, 1.165) is 25.7 Å². The van der Waals surface area contributed by atoms with Gasteiger partial charge >= 0.3 is 5.69 Å². The highest BCUT2D eigenvalue weighted by Gasteiger charge is 2.24. The summed E-state index contributed by atoms with van der Waals surface area (Å²) in [5.41, 5.74) is 0.269. The summed E-state index contributed by atoms with van der Waals surface area (Å²) >= 11 is 0. The van der Waals surface area contributed by atoms with Crippen molar-refractivity contribution in [1.82, 2.24) is 15.1 Å². The molecule has 1 aliphatic rings. The topological polar surface area (TPSA) is 90.1 Å². The summed E-state index contributed by atoms with van der Waals surface area (Å²) in [6, 6.07) is -0.297. The highest BCUT2D eigenvalue weighted by Crippen LogP contribution is 2.20. The van der Waals surface area contributed by atoms with Crippen LogP contribution in [0.3, 0.4) is 0 Å². The van der Waals surface area contributed by atoms with Crippen LogP contribution in [0.15, 0.2) is 6.20 Å². The minimum absolute atomic E-state index is 0.0551. The summed E-state index contributed by atoms with van der Waals surface area (Å²) in [5.74, 6) is -0.135. The van der Waals surface area contributed by atoms with Crippen LogP contribution in [-0.2, 0) is 4.79 Å². The fourth-order valence-corrected chi connectivity index (χ4v) is 2.36. The number of hydrogen-bond donors (Lipinski definition) is 1. The number of rotatable bonds is 4. The molecule has 7 heteroatoms. The first kappa shape index (κ1) is 13.5. The van der Waals surface area contributed by atoms with Gasteiger partial charge in [-0.05, 0) is 26.7 Å². The predicted molar refractivity (Wildman–Crippen MR) is 68.7 cm³/mol. The Kier molecular flexibility index (Phi) is 3.82. The second kappa shape index (κ2) is 5.38. The van der Waals surface area contributed by atoms with E-state index < -0.39 is 11.0 Å². The van der Waals surface area contributed by atoms with Gasteiger partial charge in [0, 0.05) is 6.04 Å². The number of aromatic nitrogens is 2.